The lowest BCUT2D eigenvalue weighted by Crippen LogP contribution is -2.36. The molecule has 0 spiro atoms. The first-order valence-electron chi connectivity index (χ1n) is 7.48. The lowest BCUT2D eigenvalue weighted by Gasteiger charge is -2.23. The highest BCUT2D eigenvalue weighted by molar-refractivity contribution is 5.95. The van der Waals surface area contributed by atoms with Crippen molar-refractivity contribution in [2.45, 2.75) is 52.6 Å². The molecule has 4 heteroatoms. The van der Waals surface area contributed by atoms with Gasteiger partial charge in [0.1, 0.15) is 12.1 Å². The van der Waals surface area contributed by atoms with Gasteiger partial charge in [0, 0.05) is 12.6 Å². The van der Waals surface area contributed by atoms with Crippen molar-refractivity contribution >= 4 is 11.9 Å². The third-order valence-corrected chi connectivity index (χ3v) is 3.13. The van der Waals surface area contributed by atoms with Crippen LogP contribution in [-0.2, 0) is 14.9 Å². The molecule has 0 aromatic heterocycles. The van der Waals surface area contributed by atoms with Crippen molar-refractivity contribution in [3.8, 4) is 0 Å². The maximum Gasteiger partial charge on any atom is 0.326 e. The van der Waals surface area contributed by atoms with E-state index in [2.05, 4.69) is 20.8 Å². The zero-order valence-corrected chi connectivity index (χ0v) is 14.7. The highest BCUT2D eigenvalue weighted by Gasteiger charge is 2.21. The fourth-order valence-corrected chi connectivity index (χ4v) is 1.97. The van der Waals surface area contributed by atoms with Crippen LogP contribution in [-0.4, -0.2) is 36.0 Å². The van der Waals surface area contributed by atoms with Gasteiger partial charge in [0.05, 0.1) is 0 Å². The first-order valence-corrected chi connectivity index (χ1v) is 7.48. The number of nitrogens with zero attached hydrogens (tertiary/aromatic N) is 1. The molecule has 0 unspecified atom stereocenters. The zero-order valence-electron chi connectivity index (χ0n) is 14.7. The summed E-state index contributed by atoms with van der Waals surface area (Å²) in [6.07, 6.45) is 0. The van der Waals surface area contributed by atoms with Crippen LogP contribution >= 0.6 is 0 Å². The molecule has 0 aliphatic heterocycles. The Morgan fingerprint density at radius 2 is 1.50 bits per heavy atom. The van der Waals surface area contributed by atoms with Gasteiger partial charge in [-0.2, -0.15) is 0 Å². The lowest BCUT2D eigenvalue weighted by molar-refractivity contribution is -0.155. The van der Waals surface area contributed by atoms with Crippen molar-refractivity contribution in [2.24, 2.45) is 0 Å². The predicted octanol–water partition coefficient (Wildman–Crippen LogP) is 3.40. The van der Waals surface area contributed by atoms with Crippen molar-refractivity contribution < 1.29 is 14.3 Å². The second-order valence-electron chi connectivity index (χ2n) is 7.58. The van der Waals surface area contributed by atoms with E-state index < -0.39 is 11.6 Å². The van der Waals surface area contributed by atoms with E-state index in [0.717, 1.165) is 0 Å². The summed E-state index contributed by atoms with van der Waals surface area (Å²) in [5.74, 6) is -0.596. The molecule has 122 valence electrons. The molecule has 0 aliphatic carbocycles. The van der Waals surface area contributed by atoms with Crippen molar-refractivity contribution in [3.05, 3.63) is 35.4 Å². The van der Waals surface area contributed by atoms with Crippen LogP contribution in [0.25, 0.3) is 0 Å². The second kappa shape index (κ2) is 6.51. The number of ether oxygens (including phenoxy) is 1. The number of amides is 1. The van der Waals surface area contributed by atoms with Crippen molar-refractivity contribution in [2.75, 3.05) is 13.6 Å². The van der Waals surface area contributed by atoms with Gasteiger partial charge in [0.25, 0.3) is 5.91 Å². The molecule has 0 N–H and O–H groups in total. The summed E-state index contributed by atoms with van der Waals surface area (Å²) in [5.41, 5.74) is 1.23. The largest absolute Gasteiger partial charge is 0.459 e. The van der Waals surface area contributed by atoms with Crippen LogP contribution in [0.3, 0.4) is 0 Å². The van der Waals surface area contributed by atoms with Gasteiger partial charge in [-0.05, 0) is 43.9 Å². The SMILES string of the molecule is CN(CC(=O)OC(C)(C)C)C(=O)c1ccc(C(C)(C)C)cc1. The Morgan fingerprint density at radius 3 is 1.91 bits per heavy atom. The van der Waals surface area contributed by atoms with Crippen LogP contribution in [0.1, 0.15) is 57.5 Å². The molecule has 0 saturated heterocycles. The van der Waals surface area contributed by atoms with Gasteiger partial charge in [-0.3, -0.25) is 9.59 Å². The van der Waals surface area contributed by atoms with Crippen LogP contribution in [0.2, 0.25) is 0 Å². The number of likely N-dealkylation sites (N-methyl/N-ethyl adjacent to an activating group) is 1. The van der Waals surface area contributed by atoms with Gasteiger partial charge < -0.3 is 9.64 Å². The van der Waals surface area contributed by atoms with E-state index in [9.17, 15) is 9.59 Å². The molecule has 4 nitrogen and oxygen atoms in total. The van der Waals surface area contributed by atoms with E-state index in [1.54, 1.807) is 40.0 Å². The monoisotopic (exact) mass is 305 g/mol. The topological polar surface area (TPSA) is 46.6 Å². The summed E-state index contributed by atoms with van der Waals surface area (Å²) in [4.78, 5) is 25.5. The first-order chi connectivity index (χ1) is 9.90. The maximum atomic E-state index is 12.3. The second-order valence-corrected chi connectivity index (χ2v) is 7.58. The quantitative estimate of drug-likeness (QED) is 0.804. The number of carbonyl (C=O) groups is 2. The summed E-state index contributed by atoms with van der Waals surface area (Å²) in [5, 5.41) is 0. The third kappa shape index (κ3) is 5.51. The van der Waals surface area contributed by atoms with Crippen molar-refractivity contribution in [1.29, 1.82) is 0 Å². The van der Waals surface area contributed by atoms with E-state index >= 15 is 0 Å². The number of benzene rings is 1. The molecule has 0 bridgehead atoms. The fraction of sp³-hybridized carbons (Fsp3) is 0.556. The molecule has 0 atom stereocenters. The molecule has 0 heterocycles. The van der Waals surface area contributed by atoms with Crippen molar-refractivity contribution in [3.63, 3.8) is 0 Å². The number of rotatable bonds is 3. The summed E-state index contributed by atoms with van der Waals surface area (Å²) >= 11 is 0. The molecule has 0 radical (unpaired) electrons. The number of hydrogen-bond donors (Lipinski definition) is 0. The minimum Gasteiger partial charge on any atom is -0.459 e. The Balaban J connectivity index is 2.73. The normalized spacial score (nSPS) is 12.0. The molecule has 0 aliphatic rings. The van der Waals surface area contributed by atoms with Crippen LogP contribution in [0.5, 0.6) is 0 Å². The zero-order chi connectivity index (χ0) is 17.1. The number of hydrogen-bond acceptors (Lipinski definition) is 3. The lowest BCUT2D eigenvalue weighted by atomic mass is 9.86. The molecule has 1 rings (SSSR count). The van der Waals surface area contributed by atoms with Gasteiger partial charge in [-0.1, -0.05) is 32.9 Å². The highest BCUT2D eigenvalue weighted by Crippen LogP contribution is 2.22. The first kappa shape index (κ1) is 18.2. The predicted molar refractivity (Wildman–Crippen MR) is 87.9 cm³/mol. The molecule has 1 amide bonds. The molecular weight excluding hydrogens is 278 g/mol. The van der Waals surface area contributed by atoms with E-state index in [1.807, 2.05) is 12.1 Å². The minimum atomic E-state index is -0.546. The Hall–Kier alpha value is -1.84. The summed E-state index contributed by atoms with van der Waals surface area (Å²) in [6.45, 7) is 11.7. The Morgan fingerprint density at radius 1 is 1.00 bits per heavy atom. The number of carbonyl (C=O) groups excluding carboxylic acids is 2. The molecule has 0 saturated carbocycles. The van der Waals surface area contributed by atoms with Crippen molar-refractivity contribution in [1.82, 2.24) is 4.90 Å². The van der Waals surface area contributed by atoms with Crippen LogP contribution in [0.4, 0.5) is 0 Å². The van der Waals surface area contributed by atoms with Crippen LogP contribution in [0.15, 0.2) is 24.3 Å². The summed E-state index contributed by atoms with van der Waals surface area (Å²) in [7, 11) is 1.60. The summed E-state index contributed by atoms with van der Waals surface area (Å²) < 4.78 is 5.23. The van der Waals surface area contributed by atoms with E-state index in [4.69, 9.17) is 4.74 Å². The molecule has 1 aromatic carbocycles. The van der Waals surface area contributed by atoms with Gasteiger partial charge in [0.15, 0.2) is 0 Å². The molecular formula is C18H27NO3. The molecule has 1 aromatic rings. The van der Waals surface area contributed by atoms with Gasteiger partial charge >= 0.3 is 5.97 Å². The van der Waals surface area contributed by atoms with E-state index in [0.29, 0.717) is 5.56 Å². The van der Waals surface area contributed by atoms with Crippen LogP contribution < -0.4 is 0 Å². The smallest absolute Gasteiger partial charge is 0.326 e. The fourth-order valence-electron chi connectivity index (χ4n) is 1.97. The standard InChI is InChI=1S/C18H27NO3/c1-17(2,3)14-10-8-13(9-11-14)16(21)19(7)12-15(20)22-18(4,5)6/h8-11H,12H2,1-7H3. The highest BCUT2D eigenvalue weighted by atomic mass is 16.6. The maximum absolute atomic E-state index is 12.3. The Labute approximate surface area is 133 Å². The van der Waals surface area contributed by atoms with Gasteiger partial charge in [-0.25, -0.2) is 0 Å². The molecule has 0 fully saturated rings. The Bertz CT molecular complexity index is 533. The Kier molecular flexibility index (Phi) is 5.39. The summed E-state index contributed by atoms with van der Waals surface area (Å²) in [6, 6.07) is 7.51. The minimum absolute atomic E-state index is 0.0456. The van der Waals surface area contributed by atoms with E-state index in [1.165, 1.54) is 10.5 Å². The average molecular weight is 305 g/mol. The van der Waals surface area contributed by atoms with E-state index in [-0.39, 0.29) is 17.9 Å². The van der Waals surface area contributed by atoms with Gasteiger partial charge in [0.2, 0.25) is 0 Å². The number of esters is 1. The van der Waals surface area contributed by atoms with Gasteiger partial charge in [-0.15, -0.1) is 0 Å². The third-order valence-electron chi connectivity index (χ3n) is 3.13. The average Bonchev–Trinajstić information content (AvgIpc) is 2.34. The van der Waals surface area contributed by atoms with Crippen LogP contribution in [0, 0.1) is 0 Å². The molecule has 22 heavy (non-hydrogen) atoms.